The van der Waals surface area contributed by atoms with Gasteiger partial charge in [-0.3, -0.25) is 14.5 Å². The lowest BCUT2D eigenvalue weighted by Crippen LogP contribution is -2.53. The van der Waals surface area contributed by atoms with Crippen molar-refractivity contribution in [1.82, 2.24) is 15.8 Å². The van der Waals surface area contributed by atoms with Gasteiger partial charge in [0.1, 0.15) is 24.4 Å². The number of hydroxylamine groups is 1. The molecule has 2 aliphatic rings. The number of anilines is 1. The first kappa shape index (κ1) is 18.0. The largest absolute Gasteiger partial charge is 0.487 e. The Labute approximate surface area is 162 Å². The number of benzene rings is 1. The molecule has 0 saturated carbocycles. The molecule has 3 heterocycles. The molecule has 4 rings (SSSR count). The number of allylic oxidation sites excluding steroid dienone is 1. The Hall–Kier alpha value is -3.39. The highest BCUT2D eigenvalue weighted by Gasteiger charge is 2.33. The number of ether oxygens (including phenoxy) is 1. The Morgan fingerprint density at radius 3 is 2.93 bits per heavy atom. The van der Waals surface area contributed by atoms with Crippen LogP contribution in [0.2, 0.25) is 0 Å². The standard InChI is InChI=1S/C20H20N4O4/c1-24-18-17(8-5-9-21-18)27-12-16(20(24)26)22-19(25)15-11-14(28-23-15)10-13-6-3-2-4-7-13/h2-9,11,15-16,23H,10,12H2,1H3,(H,22,25). The second-order valence-corrected chi connectivity index (χ2v) is 6.59. The van der Waals surface area contributed by atoms with Crippen LogP contribution in [0.4, 0.5) is 5.82 Å². The summed E-state index contributed by atoms with van der Waals surface area (Å²) in [6, 6.07) is 11.8. The van der Waals surface area contributed by atoms with E-state index < -0.39 is 12.1 Å². The molecular formula is C20H20N4O4. The Balaban J connectivity index is 1.41. The summed E-state index contributed by atoms with van der Waals surface area (Å²) in [5.74, 6) is 0.929. The minimum absolute atomic E-state index is 0.0295. The van der Waals surface area contributed by atoms with Gasteiger partial charge in [-0.1, -0.05) is 30.3 Å². The third kappa shape index (κ3) is 3.67. The zero-order valence-electron chi connectivity index (χ0n) is 15.3. The van der Waals surface area contributed by atoms with Crippen molar-refractivity contribution in [3.8, 4) is 5.75 Å². The topological polar surface area (TPSA) is 92.8 Å². The molecule has 0 aliphatic carbocycles. The number of hydrogen-bond acceptors (Lipinski definition) is 6. The Morgan fingerprint density at radius 1 is 1.29 bits per heavy atom. The number of rotatable bonds is 4. The number of nitrogens with zero attached hydrogens (tertiary/aromatic N) is 2. The van der Waals surface area contributed by atoms with E-state index in [1.165, 1.54) is 4.90 Å². The first-order chi connectivity index (χ1) is 13.6. The molecule has 0 bridgehead atoms. The van der Waals surface area contributed by atoms with Crippen LogP contribution in [-0.4, -0.2) is 42.5 Å². The summed E-state index contributed by atoms with van der Waals surface area (Å²) in [5.41, 5.74) is 3.77. The van der Waals surface area contributed by atoms with Gasteiger partial charge >= 0.3 is 0 Å². The second-order valence-electron chi connectivity index (χ2n) is 6.59. The molecule has 2 amide bonds. The van der Waals surface area contributed by atoms with E-state index in [2.05, 4.69) is 15.8 Å². The number of nitrogens with one attached hydrogen (secondary N) is 2. The SMILES string of the molecule is CN1C(=O)C(NC(=O)C2C=C(Cc3ccccc3)ON2)COc2cccnc21. The van der Waals surface area contributed by atoms with Crippen molar-refractivity contribution < 1.29 is 19.2 Å². The van der Waals surface area contributed by atoms with Gasteiger partial charge in [0.05, 0.1) is 0 Å². The van der Waals surface area contributed by atoms with Gasteiger partial charge in [-0.25, -0.2) is 4.98 Å². The highest BCUT2D eigenvalue weighted by atomic mass is 16.7. The number of aromatic nitrogens is 1. The van der Waals surface area contributed by atoms with E-state index >= 15 is 0 Å². The van der Waals surface area contributed by atoms with Gasteiger partial charge in [0.2, 0.25) is 5.91 Å². The normalized spacial score (nSPS) is 21.1. The summed E-state index contributed by atoms with van der Waals surface area (Å²) in [4.78, 5) is 36.3. The third-order valence-electron chi connectivity index (χ3n) is 4.59. The maximum atomic E-state index is 12.7. The highest BCUT2D eigenvalue weighted by molar-refractivity contribution is 6.00. The summed E-state index contributed by atoms with van der Waals surface area (Å²) >= 11 is 0. The maximum Gasteiger partial charge on any atom is 0.254 e. The fraction of sp³-hybridized carbons (Fsp3) is 0.250. The van der Waals surface area contributed by atoms with Gasteiger partial charge in [-0.15, -0.1) is 5.48 Å². The van der Waals surface area contributed by atoms with Crippen molar-refractivity contribution in [3.63, 3.8) is 0 Å². The van der Waals surface area contributed by atoms with Crippen molar-refractivity contribution in [3.05, 3.63) is 66.1 Å². The monoisotopic (exact) mass is 380 g/mol. The van der Waals surface area contributed by atoms with E-state index in [0.717, 1.165) is 5.56 Å². The molecule has 2 N–H and O–H groups in total. The average Bonchev–Trinajstić information content (AvgIpc) is 3.15. The summed E-state index contributed by atoms with van der Waals surface area (Å²) in [6.07, 6.45) is 3.88. The molecule has 2 aromatic rings. The van der Waals surface area contributed by atoms with Crippen molar-refractivity contribution in [2.45, 2.75) is 18.5 Å². The number of likely N-dealkylation sites (N-methyl/N-ethyl adjacent to an activating group) is 1. The molecule has 2 atom stereocenters. The predicted molar refractivity (Wildman–Crippen MR) is 101 cm³/mol. The maximum absolute atomic E-state index is 12.7. The Morgan fingerprint density at radius 2 is 2.11 bits per heavy atom. The van der Waals surface area contributed by atoms with Crippen LogP contribution in [0.1, 0.15) is 5.56 Å². The van der Waals surface area contributed by atoms with Gasteiger partial charge in [0.15, 0.2) is 11.6 Å². The molecule has 2 aliphatic heterocycles. The summed E-state index contributed by atoms with van der Waals surface area (Å²) in [7, 11) is 1.61. The van der Waals surface area contributed by atoms with Crippen LogP contribution in [0.15, 0.2) is 60.5 Å². The van der Waals surface area contributed by atoms with Crippen LogP contribution < -0.4 is 20.4 Å². The molecule has 0 radical (unpaired) electrons. The van der Waals surface area contributed by atoms with E-state index in [1.54, 1.807) is 31.5 Å². The molecule has 0 fully saturated rings. The van der Waals surface area contributed by atoms with Gasteiger partial charge in [0.25, 0.3) is 5.91 Å². The van der Waals surface area contributed by atoms with Crippen LogP contribution in [0.3, 0.4) is 0 Å². The number of carbonyl (C=O) groups excluding carboxylic acids is 2. The lowest BCUT2D eigenvalue weighted by atomic mass is 10.1. The molecule has 1 aromatic carbocycles. The number of fused-ring (bicyclic) bond motifs is 1. The number of hydrogen-bond donors (Lipinski definition) is 2. The van der Waals surface area contributed by atoms with Crippen LogP contribution in [0.25, 0.3) is 0 Å². The van der Waals surface area contributed by atoms with E-state index in [1.807, 2.05) is 30.3 Å². The van der Waals surface area contributed by atoms with E-state index in [4.69, 9.17) is 9.57 Å². The molecular weight excluding hydrogens is 360 g/mol. The van der Waals surface area contributed by atoms with E-state index in [-0.39, 0.29) is 18.4 Å². The lowest BCUT2D eigenvalue weighted by molar-refractivity contribution is -0.129. The summed E-state index contributed by atoms with van der Waals surface area (Å²) < 4.78 is 5.66. The van der Waals surface area contributed by atoms with Gasteiger partial charge in [-0.05, 0) is 23.8 Å². The van der Waals surface area contributed by atoms with Crippen molar-refractivity contribution in [2.24, 2.45) is 0 Å². The molecule has 8 heteroatoms. The first-order valence-electron chi connectivity index (χ1n) is 8.94. The quantitative estimate of drug-likeness (QED) is 0.821. The molecule has 0 spiro atoms. The minimum Gasteiger partial charge on any atom is -0.487 e. The zero-order valence-corrected chi connectivity index (χ0v) is 15.3. The number of amides is 2. The van der Waals surface area contributed by atoms with E-state index in [0.29, 0.717) is 23.7 Å². The molecule has 144 valence electrons. The zero-order chi connectivity index (χ0) is 19.5. The second kappa shape index (κ2) is 7.69. The fourth-order valence-electron chi connectivity index (χ4n) is 3.11. The average molecular weight is 380 g/mol. The smallest absolute Gasteiger partial charge is 0.254 e. The predicted octanol–water partition coefficient (Wildman–Crippen LogP) is 0.952. The third-order valence-corrected chi connectivity index (χ3v) is 4.59. The Kier molecular flexibility index (Phi) is 4.94. The molecule has 0 saturated heterocycles. The number of carbonyl (C=O) groups is 2. The fourth-order valence-corrected chi connectivity index (χ4v) is 3.11. The Bertz CT molecular complexity index is 915. The minimum atomic E-state index is -0.819. The van der Waals surface area contributed by atoms with Crippen LogP contribution in [-0.2, 0) is 20.8 Å². The lowest BCUT2D eigenvalue weighted by Gasteiger charge is -2.20. The van der Waals surface area contributed by atoms with Crippen molar-refractivity contribution in [1.29, 1.82) is 0 Å². The summed E-state index contributed by atoms with van der Waals surface area (Å²) in [6.45, 7) is 0.0295. The molecule has 28 heavy (non-hydrogen) atoms. The molecule has 1 aromatic heterocycles. The van der Waals surface area contributed by atoms with Crippen molar-refractivity contribution in [2.75, 3.05) is 18.6 Å². The summed E-state index contributed by atoms with van der Waals surface area (Å²) in [5, 5.41) is 2.73. The number of pyridine rings is 1. The molecule has 8 nitrogen and oxygen atoms in total. The van der Waals surface area contributed by atoms with Crippen LogP contribution in [0.5, 0.6) is 5.75 Å². The highest BCUT2D eigenvalue weighted by Crippen LogP contribution is 2.27. The van der Waals surface area contributed by atoms with Crippen LogP contribution >= 0.6 is 0 Å². The van der Waals surface area contributed by atoms with Gasteiger partial charge in [-0.2, -0.15) is 0 Å². The van der Waals surface area contributed by atoms with Gasteiger partial charge < -0.3 is 14.9 Å². The van der Waals surface area contributed by atoms with Crippen LogP contribution in [0, 0.1) is 0 Å². The van der Waals surface area contributed by atoms with Gasteiger partial charge in [0, 0.05) is 19.7 Å². The first-order valence-corrected chi connectivity index (χ1v) is 8.94. The van der Waals surface area contributed by atoms with E-state index in [9.17, 15) is 9.59 Å². The van der Waals surface area contributed by atoms with Crippen molar-refractivity contribution >= 4 is 17.6 Å². The molecule has 2 unspecified atom stereocenters.